The molecule has 0 fully saturated rings. The Balaban J connectivity index is 0.000000181. The summed E-state index contributed by atoms with van der Waals surface area (Å²) >= 11 is 15.1. The van der Waals surface area contributed by atoms with Gasteiger partial charge in [0, 0.05) is 0 Å². The molecule has 2 aliphatic carbocycles. The molecular weight excluding hydrogens is 860 g/mol. The van der Waals surface area contributed by atoms with Gasteiger partial charge in [0.2, 0.25) is 0 Å². The van der Waals surface area contributed by atoms with Gasteiger partial charge in [0.25, 0.3) is 0 Å². The molecule has 4 aromatic carbocycles. The van der Waals surface area contributed by atoms with E-state index < -0.39 is 11.1 Å². The fourth-order valence-electron chi connectivity index (χ4n) is 7.08. The van der Waals surface area contributed by atoms with Crippen LogP contribution in [0.5, 0.6) is 0 Å². The number of benzene rings is 4. The Bertz CT molecular complexity index is 1930. The third kappa shape index (κ3) is 6.23. The van der Waals surface area contributed by atoms with Crippen molar-refractivity contribution in [3.05, 3.63) is 124 Å². The average Bonchev–Trinajstić information content (AvgIpc) is 3.04. The average molecular weight is 904 g/mol. The van der Waals surface area contributed by atoms with Crippen LogP contribution in [0, 0.1) is 6.42 Å². The monoisotopic (exact) mass is 904 g/mol. The minimum absolute atomic E-state index is 0.621. The van der Waals surface area contributed by atoms with Crippen molar-refractivity contribution in [2.45, 2.75) is 78.0 Å². The molecule has 0 aliphatic heterocycles. The van der Waals surface area contributed by atoms with Crippen molar-refractivity contribution in [2.75, 3.05) is 0 Å². The summed E-state index contributed by atoms with van der Waals surface area (Å²) in [5.74, 6) is 0. The van der Waals surface area contributed by atoms with Crippen LogP contribution in [0.15, 0.2) is 107 Å². The Morgan fingerprint density at radius 3 is 1.59 bits per heavy atom. The molecule has 2 aliphatic rings. The van der Waals surface area contributed by atoms with Crippen LogP contribution in [-0.4, -0.2) is 58.6 Å². The predicted molar refractivity (Wildman–Crippen MR) is 223 cm³/mol. The zero-order valence-electron chi connectivity index (χ0n) is 28.0. The molecule has 6 rings (SSSR count). The first-order valence-corrected chi connectivity index (χ1v) is 26.0. The maximum atomic E-state index is 3.86. The quantitative estimate of drug-likeness (QED) is 0.0810. The van der Waals surface area contributed by atoms with E-state index in [1.54, 1.807) is 10.6 Å². The van der Waals surface area contributed by atoms with Gasteiger partial charge in [0.05, 0.1) is 0 Å². The van der Waals surface area contributed by atoms with E-state index in [2.05, 4.69) is 215 Å². The van der Waals surface area contributed by atoms with E-state index in [-0.39, 0.29) is 0 Å². The van der Waals surface area contributed by atoms with Gasteiger partial charge in [-0.2, -0.15) is 0 Å². The predicted octanol–water partition coefficient (Wildman–Crippen LogP) is 12.2. The standard InChI is InChI=1S/2C20H22BrPSe/c2*1-13(2)22(23,14(3)4)20-17-11-7-5-9-15(17)19(21)16-10-6-8-12-18(16)20/h2*5-14H,1-4H3. The number of allylic oxidation sites excluding steroid dienone is 5. The Morgan fingerprint density at radius 2 is 1.11 bits per heavy atom. The van der Waals surface area contributed by atoms with Gasteiger partial charge in [0.15, 0.2) is 0 Å². The summed E-state index contributed by atoms with van der Waals surface area (Å²) in [5, 5.41) is 8.54. The van der Waals surface area contributed by atoms with Crippen molar-refractivity contribution >= 4 is 110 Å². The summed E-state index contributed by atoms with van der Waals surface area (Å²) in [6, 6.07) is 26.5. The van der Waals surface area contributed by atoms with E-state index in [9.17, 15) is 0 Å². The molecule has 240 valence electrons. The third-order valence-corrected chi connectivity index (χ3v) is 32.6. The van der Waals surface area contributed by atoms with E-state index in [4.69, 9.17) is 0 Å². The zero-order chi connectivity index (χ0) is 33.6. The number of halogens is 2. The Morgan fingerprint density at radius 1 is 0.652 bits per heavy atom. The van der Waals surface area contributed by atoms with E-state index >= 15 is 0 Å². The molecule has 0 heterocycles. The third-order valence-electron chi connectivity index (χ3n) is 9.44. The molecule has 46 heavy (non-hydrogen) atoms. The molecular formula is C40H44Br2P2Se2. The van der Waals surface area contributed by atoms with Gasteiger partial charge in [-0.25, -0.2) is 0 Å². The van der Waals surface area contributed by atoms with Gasteiger partial charge in [-0.3, -0.25) is 0 Å². The van der Waals surface area contributed by atoms with Crippen LogP contribution in [0.3, 0.4) is 0 Å². The second-order valence-corrected chi connectivity index (χ2v) is 30.4. The van der Waals surface area contributed by atoms with Gasteiger partial charge < -0.3 is 0 Å². The molecule has 0 spiro atoms. The number of fused-ring (bicyclic) bond motifs is 4. The Kier molecular flexibility index (Phi) is 11.6. The molecule has 0 bridgehead atoms. The molecule has 0 nitrogen and oxygen atoms in total. The summed E-state index contributed by atoms with van der Waals surface area (Å²) in [4.78, 5) is 0. The van der Waals surface area contributed by atoms with Crippen LogP contribution in [0.4, 0.5) is 0 Å². The fraction of sp³-hybridized carbons (Fsp3) is 0.300. The summed E-state index contributed by atoms with van der Waals surface area (Å²) in [5.41, 5.74) is 5.07. The molecule has 4 aromatic rings. The maximum absolute atomic E-state index is 3.86. The van der Waals surface area contributed by atoms with Gasteiger partial charge in [-0.15, -0.1) is 0 Å². The van der Waals surface area contributed by atoms with Gasteiger partial charge in [-0.05, 0) is 0 Å². The van der Waals surface area contributed by atoms with E-state index in [1.165, 1.54) is 52.8 Å². The Labute approximate surface area is 309 Å². The van der Waals surface area contributed by atoms with Crippen molar-refractivity contribution < 1.29 is 0 Å². The second kappa shape index (κ2) is 14.6. The minimum atomic E-state index is -1.42. The first-order valence-electron chi connectivity index (χ1n) is 16.2. The van der Waals surface area contributed by atoms with Crippen LogP contribution in [0.2, 0.25) is 0 Å². The molecule has 6 heteroatoms. The van der Waals surface area contributed by atoms with E-state index in [0.29, 0.717) is 22.6 Å². The topological polar surface area (TPSA) is 0 Å². The molecule has 0 aromatic heterocycles. The molecule has 0 atom stereocenters. The molecule has 0 N–H and O–H groups in total. The van der Waals surface area contributed by atoms with Crippen LogP contribution in [0.25, 0.3) is 26.0 Å². The van der Waals surface area contributed by atoms with Crippen LogP contribution in [-0.2, 0) is 0 Å². The zero-order valence-corrected chi connectivity index (χ0v) is 36.4. The fourth-order valence-corrected chi connectivity index (χ4v) is 17.7. The van der Waals surface area contributed by atoms with Gasteiger partial charge in [-0.1, -0.05) is 0 Å². The number of hydrogen-bond donors (Lipinski definition) is 0. The summed E-state index contributed by atoms with van der Waals surface area (Å²) < 4.78 is 2.43. The van der Waals surface area contributed by atoms with Crippen LogP contribution >= 0.6 is 42.9 Å². The van der Waals surface area contributed by atoms with Crippen molar-refractivity contribution in [1.82, 2.24) is 0 Å². The second-order valence-electron chi connectivity index (χ2n) is 13.3. The molecule has 0 saturated heterocycles. The van der Waals surface area contributed by atoms with Gasteiger partial charge >= 0.3 is 312 Å². The van der Waals surface area contributed by atoms with Gasteiger partial charge in [0.1, 0.15) is 0 Å². The van der Waals surface area contributed by atoms with E-state index in [0.717, 1.165) is 0 Å². The molecule has 0 unspecified atom stereocenters. The summed E-state index contributed by atoms with van der Waals surface area (Å²) in [6.07, 6.45) is 8.83. The normalized spacial score (nSPS) is 14.9. The number of hydrogen-bond acceptors (Lipinski definition) is 0. The van der Waals surface area contributed by atoms with Crippen molar-refractivity contribution in [3.8, 4) is 0 Å². The Hall–Kier alpha value is -0.781. The van der Waals surface area contributed by atoms with Crippen molar-refractivity contribution in [3.63, 3.8) is 0 Å². The molecule has 0 saturated carbocycles. The number of rotatable bonds is 5. The summed E-state index contributed by atoms with van der Waals surface area (Å²) in [7, 11) is 0. The summed E-state index contributed by atoms with van der Waals surface area (Å²) in [6.45, 7) is 19.0. The molecule has 0 amide bonds. The van der Waals surface area contributed by atoms with E-state index in [1.807, 2.05) is 0 Å². The van der Waals surface area contributed by atoms with Crippen molar-refractivity contribution in [1.29, 1.82) is 0 Å². The molecule has 0 radical (unpaired) electrons. The van der Waals surface area contributed by atoms with Crippen molar-refractivity contribution in [2.24, 2.45) is 0 Å². The van der Waals surface area contributed by atoms with Crippen LogP contribution in [0.1, 0.15) is 66.5 Å². The van der Waals surface area contributed by atoms with Crippen LogP contribution < -0.4 is 5.30 Å². The SMILES string of the molecule is CC(C)P(=[Se])(c1c2ccccc2c(Br)c2ccccc12)C(C)C.CC(C)P([Se-])(=C1C2=CC=C[CH+]C2=C(Br)c2ccccc21)C(C)C. The first kappa shape index (κ1) is 36.5. The first-order chi connectivity index (χ1) is 21.8.